The van der Waals surface area contributed by atoms with Crippen LogP contribution in [0.2, 0.25) is 0 Å². The van der Waals surface area contributed by atoms with Crippen LogP contribution in [0, 0.1) is 0 Å². The number of rotatable bonds is 2. The SMILES string of the molecule is FN(F)C(F)(F)CC(F)(F)F. The fourth-order valence-electron chi connectivity index (χ4n) is 0.301. The number of nitrogens with zero attached hydrogens (tertiary/aromatic N) is 1. The Morgan fingerprint density at radius 3 is 1.36 bits per heavy atom. The van der Waals surface area contributed by atoms with Gasteiger partial charge in [-0.1, -0.05) is 8.96 Å². The topological polar surface area (TPSA) is 3.24 Å². The molecule has 0 fully saturated rings. The number of hydrogen-bond donors (Lipinski definition) is 0. The molecule has 0 radical (unpaired) electrons. The summed E-state index contributed by atoms with van der Waals surface area (Å²) >= 11 is 0. The molecule has 0 aliphatic heterocycles. The first-order valence-corrected chi connectivity index (χ1v) is 2.21. The molecule has 8 heteroatoms. The summed E-state index contributed by atoms with van der Waals surface area (Å²) in [5, 5.41) is -2.76. The van der Waals surface area contributed by atoms with E-state index in [1.165, 1.54) is 0 Å². The van der Waals surface area contributed by atoms with Gasteiger partial charge in [-0.2, -0.15) is 22.0 Å². The third kappa shape index (κ3) is 4.02. The molecule has 0 atom stereocenters. The van der Waals surface area contributed by atoms with Gasteiger partial charge in [0.25, 0.3) is 0 Å². The summed E-state index contributed by atoms with van der Waals surface area (Å²) in [6, 6.07) is -5.14. The molecule has 0 saturated carbocycles. The molecule has 0 aliphatic rings. The molecule has 0 aliphatic carbocycles. The van der Waals surface area contributed by atoms with Gasteiger partial charge in [0.05, 0.1) is 5.34 Å². The Kier molecular flexibility index (Phi) is 2.70. The molecule has 0 aromatic carbocycles. The van der Waals surface area contributed by atoms with Gasteiger partial charge in [0, 0.05) is 0 Å². The van der Waals surface area contributed by atoms with Gasteiger partial charge in [0.1, 0.15) is 6.42 Å². The fraction of sp³-hybridized carbons (Fsp3) is 1.00. The summed E-state index contributed by atoms with van der Waals surface area (Å²) in [4.78, 5) is 0. The van der Waals surface area contributed by atoms with Crippen LogP contribution in [-0.4, -0.2) is 17.6 Å². The van der Waals surface area contributed by atoms with Gasteiger partial charge in [-0.3, -0.25) is 0 Å². The first-order valence-electron chi connectivity index (χ1n) is 2.21. The first kappa shape index (κ1) is 10.5. The fourth-order valence-corrected chi connectivity index (χ4v) is 0.301. The van der Waals surface area contributed by atoms with Gasteiger partial charge >= 0.3 is 12.2 Å². The molecule has 0 unspecified atom stereocenters. The van der Waals surface area contributed by atoms with Gasteiger partial charge in [0.2, 0.25) is 0 Å². The molecule has 68 valence electrons. The van der Waals surface area contributed by atoms with Crippen LogP contribution in [0.15, 0.2) is 0 Å². The van der Waals surface area contributed by atoms with Crippen molar-refractivity contribution in [2.45, 2.75) is 18.6 Å². The van der Waals surface area contributed by atoms with Crippen LogP contribution in [0.4, 0.5) is 30.9 Å². The highest BCUT2D eigenvalue weighted by atomic mass is 19.4. The number of alkyl halides is 5. The van der Waals surface area contributed by atoms with Crippen molar-refractivity contribution in [3.8, 4) is 0 Å². The van der Waals surface area contributed by atoms with Crippen molar-refractivity contribution in [2.24, 2.45) is 0 Å². The highest BCUT2D eigenvalue weighted by Gasteiger charge is 2.49. The molecule has 0 N–H and O–H groups in total. The largest absolute Gasteiger partial charge is 0.396 e. The average Bonchev–Trinajstić information content (AvgIpc) is 1.56. The Morgan fingerprint density at radius 1 is 0.909 bits per heavy atom. The summed E-state index contributed by atoms with van der Waals surface area (Å²) in [5.74, 6) is 0. The van der Waals surface area contributed by atoms with Gasteiger partial charge in [-0.25, -0.2) is 0 Å². The maximum absolute atomic E-state index is 11.5. The lowest BCUT2D eigenvalue weighted by Crippen LogP contribution is -2.34. The van der Waals surface area contributed by atoms with Crippen molar-refractivity contribution in [3.05, 3.63) is 0 Å². The molecule has 0 aromatic rings. The van der Waals surface area contributed by atoms with Crippen LogP contribution in [0.3, 0.4) is 0 Å². The van der Waals surface area contributed by atoms with E-state index in [9.17, 15) is 30.9 Å². The van der Waals surface area contributed by atoms with E-state index >= 15 is 0 Å². The summed E-state index contributed by atoms with van der Waals surface area (Å²) in [5.41, 5.74) is 0. The molecular formula is C3H2F7N. The van der Waals surface area contributed by atoms with Crippen LogP contribution >= 0.6 is 0 Å². The molecule has 0 saturated heterocycles. The molecule has 11 heavy (non-hydrogen) atoms. The van der Waals surface area contributed by atoms with E-state index < -0.39 is 24.0 Å². The van der Waals surface area contributed by atoms with E-state index in [0.717, 1.165) is 0 Å². The third-order valence-electron chi connectivity index (χ3n) is 0.660. The zero-order valence-corrected chi connectivity index (χ0v) is 4.80. The van der Waals surface area contributed by atoms with Gasteiger partial charge in [-0.15, -0.1) is 0 Å². The molecule has 0 rings (SSSR count). The first-order chi connectivity index (χ1) is 4.65. The Hall–Kier alpha value is -0.530. The monoisotopic (exact) mass is 185 g/mol. The van der Waals surface area contributed by atoms with E-state index in [-0.39, 0.29) is 0 Å². The van der Waals surface area contributed by atoms with E-state index in [2.05, 4.69) is 0 Å². The standard InChI is InChI=1S/C3H2F7N/c4-2(5,6)1-3(7,8)11(9)10/h1H2. The smallest absolute Gasteiger partial charge is 0.183 e. The highest BCUT2D eigenvalue weighted by molar-refractivity contribution is 4.62. The van der Waals surface area contributed by atoms with Crippen LogP contribution in [-0.2, 0) is 0 Å². The van der Waals surface area contributed by atoms with Crippen molar-refractivity contribution < 1.29 is 30.9 Å². The number of hydrogen-bond acceptors (Lipinski definition) is 1. The van der Waals surface area contributed by atoms with Crippen molar-refractivity contribution in [2.75, 3.05) is 0 Å². The normalized spacial score (nSPS) is 14.2. The van der Waals surface area contributed by atoms with Gasteiger partial charge < -0.3 is 0 Å². The Morgan fingerprint density at radius 2 is 1.27 bits per heavy atom. The maximum Gasteiger partial charge on any atom is 0.396 e. The predicted octanol–water partition coefficient (Wildman–Crippen LogP) is 2.60. The van der Waals surface area contributed by atoms with Crippen LogP contribution in [0.1, 0.15) is 6.42 Å². The highest BCUT2D eigenvalue weighted by Crippen LogP contribution is 2.34. The lowest BCUT2D eigenvalue weighted by molar-refractivity contribution is -0.357. The average molecular weight is 185 g/mol. The second-order valence-corrected chi connectivity index (χ2v) is 1.69. The summed E-state index contributed by atoms with van der Waals surface area (Å²) in [6.45, 7) is 0. The van der Waals surface area contributed by atoms with Crippen molar-refractivity contribution in [1.82, 2.24) is 5.34 Å². The molecular weight excluding hydrogens is 183 g/mol. The Bertz CT molecular complexity index is 126. The van der Waals surface area contributed by atoms with Crippen LogP contribution in [0.25, 0.3) is 0 Å². The molecule has 1 nitrogen and oxygen atoms in total. The van der Waals surface area contributed by atoms with E-state index in [4.69, 9.17) is 0 Å². The molecule has 0 spiro atoms. The van der Waals surface area contributed by atoms with Gasteiger partial charge in [0.15, 0.2) is 0 Å². The third-order valence-corrected chi connectivity index (χ3v) is 0.660. The quantitative estimate of drug-likeness (QED) is 0.363. The number of halogens is 7. The van der Waals surface area contributed by atoms with Crippen molar-refractivity contribution in [3.63, 3.8) is 0 Å². The van der Waals surface area contributed by atoms with Crippen molar-refractivity contribution >= 4 is 0 Å². The lowest BCUT2D eigenvalue weighted by atomic mass is 10.4. The zero-order valence-electron chi connectivity index (χ0n) is 4.80. The van der Waals surface area contributed by atoms with Crippen LogP contribution in [0.5, 0.6) is 0 Å². The maximum atomic E-state index is 11.5. The lowest BCUT2D eigenvalue weighted by Gasteiger charge is -2.16. The van der Waals surface area contributed by atoms with E-state index in [1.807, 2.05) is 0 Å². The summed E-state index contributed by atoms with van der Waals surface area (Å²) in [6.07, 6.45) is -8.16. The summed E-state index contributed by atoms with van der Waals surface area (Å²) in [7, 11) is 0. The van der Waals surface area contributed by atoms with Gasteiger partial charge in [-0.05, 0) is 0 Å². The second-order valence-electron chi connectivity index (χ2n) is 1.69. The predicted molar refractivity (Wildman–Crippen MR) is 19.7 cm³/mol. The molecule has 0 aromatic heterocycles. The minimum absolute atomic E-state index is 2.76. The molecule has 0 amide bonds. The Balaban J connectivity index is 4.13. The minimum atomic E-state index is -5.31. The van der Waals surface area contributed by atoms with Crippen LogP contribution < -0.4 is 0 Å². The van der Waals surface area contributed by atoms with E-state index in [0.29, 0.717) is 0 Å². The summed E-state index contributed by atoms with van der Waals surface area (Å²) < 4.78 is 78.1. The second kappa shape index (κ2) is 2.84. The van der Waals surface area contributed by atoms with Crippen molar-refractivity contribution in [1.29, 1.82) is 0 Å². The molecule has 0 heterocycles. The molecule has 0 bridgehead atoms. The van der Waals surface area contributed by atoms with E-state index in [1.54, 1.807) is 0 Å². The Labute approximate surface area is 56.3 Å². The zero-order chi connectivity index (χ0) is 9.28. The minimum Gasteiger partial charge on any atom is -0.183 e.